The van der Waals surface area contributed by atoms with Crippen LogP contribution in [0.3, 0.4) is 0 Å². The molecule has 1 rings (SSSR count). The average Bonchev–Trinajstić information content (AvgIpc) is 2.35. The molecule has 0 aliphatic carbocycles. The summed E-state index contributed by atoms with van der Waals surface area (Å²) in [6, 6.07) is 8.54. The molecule has 1 N–H and O–H groups in total. The van der Waals surface area contributed by atoms with Crippen LogP contribution in [0.15, 0.2) is 24.3 Å². The normalized spacial score (nSPS) is 11.4. The van der Waals surface area contributed by atoms with Crippen molar-refractivity contribution in [2.24, 2.45) is 0 Å². The van der Waals surface area contributed by atoms with E-state index in [9.17, 15) is 0 Å². The van der Waals surface area contributed by atoms with Gasteiger partial charge in [-0.05, 0) is 38.1 Å². The minimum absolute atomic E-state index is 0.367. The third-order valence-electron chi connectivity index (χ3n) is 2.60. The van der Waals surface area contributed by atoms with Crippen LogP contribution in [0.4, 0.5) is 0 Å². The largest absolute Gasteiger partial charge is 0.497 e. The van der Waals surface area contributed by atoms with Gasteiger partial charge in [0, 0.05) is 12.5 Å². The maximum atomic E-state index is 5.14. The van der Waals surface area contributed by atoms with E-state index in [1.54, 1.807) is 7.11 Å². The fourth-order valence-corrected chi connectivity index (χ4v) is 1.66. The van der Waals surface area contributed by atoms with E-state index in [1.165, 1.54) is 5.56 Å². The molecule has 1 aromatic carbocycles. The van der Waals surface area contributed by atoms with Crippen LogP contribution in [-0.4, -0.2) is 14.2 Å². The highest BCUT2D eigenvalue weighted by Crippen LogP contribution is 2.20. The van der Waals surface area contributed by atoms with Crippen molar-refractivity contribution < 1.29 is 4.74 Å². The van der Waals surface area contributed by atoms with Gasteiger partial charge in [0.1, 0.15) is 5.75 Å². The van der Waals surface area contributed by atoms with Gasteiger partial charge in [0.25, 0.3) is 0 Å². The number of methoxy groups -OCH3 is 1. The monoisotopic (exact) mass is 217 g/mol. The van der Waals surface area contributed by atoms with Gasteiger partial charge in [0.2, 0.25) is 0 Å². The van der Waals surface area contributed by atoms with Crippen LogP contribution in [0.25, 0.3) is 0 Å². The Kier molecular flexibility index (Phi) is 5.45. The maximum absolute atomic E-state index is 5.14. The van der Waals surface area contributed by atoms with E-state index in [-0.39, 0.29) is 0 Å². The van der Waals surface area contributed by atoms with Crippen molar-refractivity contribution >= 4 is 0 Å². The molecule has 1 aromatic rings. The molecule has 0 bridgehead atoms. The fourth-order valence-electron chi connectivity index (χ4n) is 1.66. The topological polar surface area (TPSA) is 21.3 Å². The zero-order valence-corrected chi connectivity index (χ0v) is 10.2. The molecule has 0 heterocycles. The third-order valence-corrected chi connectivity index (χ3v) is 2.60. The number of ether oxygens (including phenoxy) is 1. The Balaban J connectivity index is 2.65. The molecule has 0 aliphatic rings. The van der Waals surface area contributed by atoms with Crippen molar-refractivity contribution in [2.45, 2.75) is 25.8 Å². The molecule has 1 unspecified atom stereocenters. The number of nitrogens with one attached hydrogen (secondary N) is 1. The van der Waals surface area contributed by atoms with Crippen molar-refractivity contribution in [3.63, 3.8) is 0 Å². The molecule has 0 radical (unpaired) electrons. The highest BCUT2D eigenvalue weighted by atomic mass is 16.5. The minimum atomic E-state index is 0.367. The second-order valence-corrected chi connectivity index (χ2v) is 3.58. The van der Waals surface area contributed by atoms with E-state index in [4.69, 9.17) is 4.74 Å². The van der Waals surface area contributed by atoms with Gasteiger partial charge in [0.05, 0.1) is 7.11 Å². The lowest BCUT2D eigenvalue weighted by Gasteiger charge is -2.15. The highest BCUT2D eigenvalue weighted by Gasteiger charge is 2.07. The van der Waals surface area contributed by atoms with Crippen LogP contribution in [-0.2, 0) is 0 Å². The summed E-state index contributed by atoms with van der Waals surface area (Å²) in [5.74, 6) is 6.91. The Morgan fingerprint density at radius 1 is 1.31 bits per heavy atom. The van der Waals surface area contributed by atoms with Crippen molar-refractivity contribution in [3.05, 3.63) is 29.8 Å². The van der Waals surface area contributed by atoms with Crippen LogP contribution >= 0.6 is 0 Å². The zero-order valence-electron chi connectivity index (χ0n) is 10.2. The SMILES string of the molecule is CC#CCCC(NC)c1ccc(OC)cc1. The minimum Gasteiger partial charge on any atom is -0.497 e. The van der Waals surface area contributed by atoms with Crippen molar-refractivity contribution in [1.82, 2.24) is 5.32 Å². The lowest BCUT2D eigenvalue weighted by molar-refractivity contribution is 0.414. The Bertz CT molecular complexity index is 359. The smallest absolute Gasteiger partial charge is 0.118 e. The van der Waals surface area contributed by atoms with E-state index >= 15 is 0 Å². The van der Waals surface area contributed by atoms with E-state index in [0.29, 0.717) is 6.04 Å². The molecule has 16 heavy (non-hydrogen) atoms. The lowest BCUT2D eigenvalue weighted by Crippen LogP contribution is -2.15. The van der Waals surface area contributed by atoms with E-state index in [1.807, 2.05) is 26.1 Å². The van der Waals surface area contributed by atoms with Crippen molar-refractivity contribution in [1.29, 1.82) is 0 Å². The van der Waals surface area contributed by atoms with Gasteiger partial charge in [-0.3, -0.25) is 0 Å². The predicted octanol–water partition coefficient (Wildman–Crippen LogP) is 2.76. The van der Waals surface area contributed by atoms with E-state index < -0.39 is 0 Å². The molecule has 0 fully saturated rings. The molecule has 0 aromatic heterocycles. The van der Waals surface area contributed by atoms with Gasteiger partial charge >= 0.3 is 0 Å². The second-order valence-electron chi connectivity index (χ2n) is 3.58. The number of rotatable bonds is 5. The molecule has 86 valence electrons. The standard InChI is InChI=1S/C14H19NO/c1-4-5-6-7-14(15-2)12-8-10-13(16-3)11-9-12/h8-11,14-15H,6-7H2,1-3H3. The summed E-state index contributed by atoms with van der Waals surface area (Å²) in [5, 5.41) is 3.31. The Hall–Kier alpha value is -1.46. The number of benzene rings is 1. The summed E-state index contributed by atoms with van der Waals surface area (Å²) in [5.41, 5.74) is 1.28. The first-order chi connectivity index (χ1) is 7.81. The molecular formula is C14H19NO. The summed E-state index contributed by atoms with van der Waals surface area (Å²) in [6.07, 6.45) is 1.96. The van der Waals surface area contributed by atoms with Gasteiger partial charge in [-0.2, -0.15) is 0 Å². The number of hydrogen-bond acceptors (Lipinski definition) is 2. The van der Waals surface area contributed by atoms with Crippen LogP contribution in [0.5, 0.6) is 5.75 Å². The fraction of sp³-hybridized carbons (Fsp3) is 0.429. The summed E-state index contributed by atoms with van der Waals surface area (Å²) in [6.45, 7) is 1.88. The van der Waals surface area contributed by atoms with Gasteiger partial charge in [0.15, 0.2) is 0 Å². The van der Waals surface area contributed by atoms with Gasteiger partial charge < -0.3 is 10.1 Å². The van der Waals surface area contributed by atoms with E-state index in [0.717, 1.165) is 18.6 Å². The Labute approximate surface area is 98.0 Å². The maximum Gasteiger partial charge on any atom is 0.118 e. The first-order valence-electron chi connectivity index (χ1n) is 5.52. The van der Waals surface area contributed by atoms with Crippen molar-refractivity contribution in [3.8, 4) is 17.6 Å². The Morgan fingerprint density at radius 3 is 2.50 bits per heavy atom. The number of hydrogen-bond donors (Lipinski definition) is 1. The van der Waals surface area contributed by atoms with Gasteiger partial charge in [-0.1, -0.05) is 12.1 Å². The molecule has 0 spiro atoms. The van der Waals surface area contributed by atoms with Crippen molar-refractivity contribution in [2.75, 3.05) is 14.2 Å². The van der Waals surface area contributed by atoms with Gasteiger partial charge in [-0.25, -0.2) is 0 Å². The van der Waals surface area contributed by atoms with Gasteiger partial charge in [-0.15, -0.1) is 11.8 Å². The highest BCUT2D eigenvalue weighted by molar-refractivity contribution is 5.29. The second kappa shape index (κ2) is 6.92. The predicted molar refractivity (Wildman–Crippen MR) is 67.5 cm³/mol. The molecule has 0 saturated heterocycles. The first-order valence-corrected chi connectivity index (χ1v) is 5.52. The van der Waals surface area contributed by atoms with Crippen LogP contribution in [0.1, 0.15) is 31.4 Å². The average molecular weight is 217 g/mol. The lowest BCUT2D eigenvalue weighted by atomic mass is 10.0. The van der Waals surface area contributed by atoms with Crippen LogP contribution < -0.4 is 10.1 Å². The van der Waals surface area contributed by atoms with Crippen LogP contribution in [0, 0.1) is 11.8 Å². The van der Waals surface area contributed by atoms with E-state index in [2.05, 4.69) is 29.3 Å². The summed E-state index contributed by atoms with van der Waals surface area (Å²) < 4.78 is 5.14. The Morgan fingerprint density at radius 2 is 2.00 bits per heavy atom. The zero-order chi connectivity index (χ0) is 11.8. The summed E-state index contributed by atoms with van der Waals surface area (Å²) >= 11 is 0. The molecule has 1 atom stereocenters. The molecule has 0 amide bonds. The molecule has 2 nitrogen and oxygen atoms in total. The third kappa shape index (κ3) is 3.60. The molecule has 2 heteroatoms. The molecular weight excluding hydrogens is 198 g/mol. The summed E-state index contributed by atoms with van der Waals surface area (Å²) in [7, 11) is 3.66. The first kappa shape index (κ1) is 12.6. The molecule has 0 saturated carbocycles. The molecule has 0 aliphatic heterocycles. The quantitative estimate of drug-likeness (QED) is 0.766. The van der Waals surface area contributed by atoms with Crippen LogP contribution in [0.2, 0.25) is 0 Å². The summed E-state index contributed by atoms with van der Waals surface area (Å²) in [4.78, 5) is 0.